The van der Waals surface area contributed by atoms with E-state index in [9.17, 15) is 4.39 Å². The lowest BCUT2D eigenvalue weighted by Gasteiger charge is -2.16. The van der Waals surface area contributed by atoms with Gasteiger partial charge >= 0.3 is 0 Å². The third-order valence-electron chi connectivity index (χ3n) is 3.39. The molecule has 0 aliphatic carbocycles. The monoisotopic (exact) mass is 287 g/mol. The lowest BCUT2D eigenvalue weighted by Crippen LogP contribution is -2.37. The second kappa shape index (κ2) is 6.33. The number of benzene rings is 2. The van der Waals surface area contributed by atoms with Crippen LogP contribution in [0.5, 0.6) is 0 Å². The topological polar surface area (TPSA) is 12.0 Å². The van der Waals surface area contributed by atoms with Gasteiger partial charge < -0.3 is 5.32 Å². The SMILES string of the molecule is C[Si](C)(C)c1ccc(CNCc2ccc(F)cc2)cc1. The fourth-order valence-corrected chi connectivity index (χ4v) is 3.24. The summed E-state index contributed by atoms with van der Waals surface area (Å²) in [6, 6.07) is 15.5. The van der Waals surface area contributed by atoms with Crippen molar-refractivity contribution in [3.63, 3.8) is 0 Å². The molecule has 2 aromatic carbocycles. The van der Waals surface area contributed by atoms with Gasteiger partial charge in [-0.25, -0.2) is 4.39 Å². The van der Waals surface area contributed by atoms with Crippen molar-refractivity contribution in [3.05, 3.63) is 65.5 Å². The molecule has 1 N–H and O–H groups in total. The lowest BCUT2D eigenvalue weighted by atomic mass is 10.2. The molecular weight excluding hydrogens is 265 g/mol. The van der Waals surface area contributed by atoms with Crippen molar-refractivity contribution in [1.82, 2.24) is 5.32 Å². The highest BCUT2D eigenvalue weighted by molar-refractivity contribution is 6.88. The van der Waals surface area contributed by atoms with Gasteiger partial charge in [0.2, 0.25) is 0 Å². The molecule has 0 spiro atoms. The summed E-state index contributed by atoms with van der Waals surface area (Å²) in [5, 5.41) is 4.87. The second-order valence-corrected chi connectivity index (χ2v) is 11.3. The summed E-state index contributed by atoms with van der Waals surface area (Å²) < 4.78 is 12.8. The van der Waals surface area contributed by atoms with Gasteiger partial charge in [-0.05, 0) is 23.3 Å². The van der Waals surface area contributed by atoms with Crippen molar-refractivity contribution in [1.29, 1.82) is 0 Å². The van der Waals surface area contributed by atoms with E-state index in [1.54, 1.807) is 0 Å². The molecule has 0 fully saturated rings. The summed E-state index contributed by atoms with van der Waals surface area (Å²) in [6.45, 7) is 8.66. The molecule has 0 bridgehead atoms. The van der Waals surface area contributed by atoms with E-state index < -0.39 is 8.07 Å². The van der Waals surface area contributed by atoms with Gasteiger partial charge in [-0.3, -0.25) is 0 Å². The molecule has 0 heterocycles. The first kappa shape index (κ1) is 14.9. The fourth-order valence-electron chi connectivity index (χ4n) is 2.08. The van der Waals surface area contributed by atoms with Crippen molar-refractivity contribution in [2.45, 2.75) is 32.7 Å². The van der Waals surface area contributed by atoms with E-state index in [2.05, 4.69) is 49.2 Å². The van der Waals surface area contributed by atoms with E-state index in [0.717, 1.165) is 18.7 Å². The third-order valence-corrected chi connectivity index (χ3v) is 5.46. The Hall–Kier alpha value is -1.45. The summed E-state index contributed by atoms with van der Waals surface area (Å²) >= 11 is 0. The molecule has 0 aliphatic heterocycles. The molecular formula is C17H22FNSi. The van der Waals surface area contributed by atoms with E-state index in [-0.39, 0.29) is 5.82 Å². The molecule has 0 aromatic heterocycles. The normalized spacial score (nSPS) is 11.6. The van der Waals surface area contributed by atoms with Crippen LogP contribution in [-0.4, -0.2) is 8.07 Å². The zero-order valence-corrected chi connectivity index (χ0v) is 13.4. The van der Waals surface area contributed by atoms with Crippen LogP contribution in [0.3, 0.4) is 0 Å². The van der Waals surface area contributed by atoms with Crippen molar-refractivity contribution in [2.24, 2.45) is 0 Å². The summed E-state index contributed by atoms with van der Waals surface area (Å²) in [4.78, 5) is 0. The van der Waals surface area contributed by atoms with Gasteiger partial charge in [-0.1, -0.05) is 61.2 Å². The summed E-state index contributed by atoms with van der Waals surface area (Å²) in [5.41, 5.74) is 2.39. The molecule has 0 atom stereocenters. The molecule has 2 rings (SSSR count). The Labute approximate surface area is 121 Å². The zero-order valence-electron chi connectivity index (χ0n) is 12.4. The maximum Gasteiger partial charge on any atom is 0.123 e. The van der Waals surface area contributed by atoms with Crippen molar-refractivity contribution < 1.29 is 4.39 Å². The van der Waals surface area contributed by atoms with Gasteiger partial charge in [0.05, 0.1) is 8.07 Å². The number of rotatable bonds is 5. The lowest BCUT2D eigenvalue weighted by molar-refractivity contribution is 0.625. The van der Waals surface area contributed by atoms with Crippen LogP contribution >= 0.6 is 0 Å². The van der Waals surface area contributed by atoms with Gasteiger partial charge in [0.25, 0.3) is 0 Å². The van der Waals surface area contributed by atoms with Crippen LogP contribution in [0.25, 0.3) is 0 Å². The van der Waals surface area contributed by atoms with Gasteiger partial charge in [-0.15, -0.1) is 0 Å². The van der Waals surface area contributed by atoms with Gasteiger partial charge in [0, 0.05) is 13.1 Å². The van der Waals surface area contributed by atoms with E-state index in [1.165, 1.54) is 22.9 Å². The van der Waals surface area contributed by atoms with Crippen LogP contribution in [0.15, 0.2) is 48.5 Å². The molecule has 3 heteroatoms. The fraction of sp³-hybridized carbons (Fsp3) is 0.294. The van der Waals surface area contributed by atoms with Crippen LogP contribution in [0.4, 0.5) is 4.39 Å². The summed E-state index contributed by atoms with van der Waals surface area (Å²) in [5.74, 6) is -0.185. The molecule has 0 saturated carbocycles. The molecule has 106 valence electrons. The van der Waals surface area contributed by atoms with Crippen LogP contribution < -0.4 is 10.5 Å². The minimum atomic E-state index is -1.20. The Balaban J connectivity index is 1.87. The smallest absolute Gasteiger partial charge is 0.123 e. The number of hydrogen-bond acceptors (Lipinski definition) is 1. The Morgan fingerprint density at radius 1 is 0.800 bits per heavy atom. The minimum Gasteiger partial charge on any atom is -0.309 e. The van der Waals surface area contributed by atoms with Crippen LogP contribution in [0, 0.1) is 5.82 Å². The number of halogens is 1. The maximum absolute atomic E-state index is 12.8. The Kier molecular flexibility index (Phi) is 4.73. The molecule has 0 amide bonds. The van der Waals surface area contributed by atoms with Gasteiger partial charge in [-0.2, -0.15) is 0 Å². The highest BCUT2D eigenvalue weighted by Crippen LogP contribution is 2.06. The average molecular weight is 287 g/mol. The molecule has 20 heavy (non-hydrogen) atoms. The Morgan fingerprint density at radius 2 is 1.25 bits per heavy atom. The van der Waals surface area contributed by atoms with Crippen molar-refractivity contribution in [3.8, 4) is 0 Å². The van der Waals surface area contributed by atoms with Gasteiger partial charge in [0.15, 0.2) is 0 Å². The molecule has 0 saturated heterocycles. The van der Waals surface area contributed by atoms with Gasteiger partial charge in [0.1, 0.15) is 5.82 Å². The number of hydrogen-bond donors (Lipinski definition) is 1. The maximum atomic E-state index is 12.8. The number of nitrogens with one attached hydrogen (secondary N) is 1. The minimum absolute atomic E-state index is 0.185. The van der Waals surface area contributed by atoms with E-state index >= 15 is 0 Å². The quantitative estimate of drug-likeness (QED) is 0.828. The zero-order chi connectivity index (χ0) is 14.6. The standard InChI is InChI=1S/C17H22FNSi/c1-20(2,3)17-10-6-15(7-11-17)13-19-12-14-4-8-16(18)9-5-14/h4-11,19H,12-13H2,1-3H3. The first-order valence-electron chi connectivity index (χ1n) is 7.00. The molecule has 0 aliphatic rings. The average Bonchev–Trinajstić information content (AvgIpc) is 2.41. The third kappa shape index (κ3) is 4.29. The second-order valence-electron chi connectivity index (χ2n) is 6.18. The first-order chi connectivity index (χ1) is 9.45. The van der Waals surface area contributed by atoms with Crippen LogP contribution in [0.1, 0.15) is 11.1 Å². The highest BCUT2D eigenvalue weighted by Gasteiger charge is 2.15. The van der Waals surface area contributed by atoms with Crippen LogP contribution in [-0.2, 0) is 13.1 Å². The Morgan fingerprint density at radius 3 is 1.70 bits per heavy atom. The highest BCUT2D eigenvalue weighted by atomic mass is 28.3. The Bertz CT molecular complexity index is 541. The predicted molar refractivity (Wildman–Crippen MR) is 86.4 cm³/mol. The van der Waals surface area contributed by atoms with E-state index in [1.807, 2.05) is 12.1 Å². The largest absolute Gasteiger partial charge is 0.309 e. The first-order valence-corrected chi connectivity index (χ1v) is 10.5. The molecule has 0 radical (unpaired) electrons. The predicted octanol–water partition coefficient (Wildman–Crippen LogP) is 3.66. The van der Waals surface area contributed by atoms with Crippen molar-refractivity contribution >= 4 is 13.3 Å². The van der Waals surface area contributed by atoms with E-state index in [0.29, 0.717) is 0 Å². The molecule has 2 aromatic rings. The van der Waals surface area contributed by atoms with Crippen molar-refractivity contribution in [2.75, 3.05) is 0 Å². The summed E-state index contributed by atoms with van der Waals surface area (Å²) in [6.07, 6.45) is 0. The molecule has 1 nitrogen and oxygen atoms in total. The van der Waals surface area contributed by atoms with Crippen LogP contribution in [0.2, 0.25) is 19.6 Å². The van der Waals surface area contributed by atoms with E-state index in [4.69, 9.17) is 0 Å². The molecule has 0 unspecified atom stereocenters. The summed E-state index contributed by atoms with van der Waals surface area (Å²) in [7, 11) is -1.20.